The van der Waals surface area contributed by atoms with Crippen LogP contribution in [0.1, 0.15) is 380 Å². The van der Waals surface area contributed by atoms with Crippen LogP contribution in [0.25, 0.3) is 0 Å². The van der Waals surface area contributed by atoms with E-state index in [0.29, 0.717) is 12.8 Å². The molecule has 1 amide bonds. The monoisotopic (exact) mass is 1320 g/mol. The number of hydrogen-bond acceptors (Lipinski definition) is 13. The summed E-state index contributed by atoms with van der Waals surface area (Å²) in [7, 11) is 0. The number of nitrogens with one attached hydrogen (secondary N) is 1. The Morgan fingerprint density at radius 1 is 0.387 bits per heavy atom. The molecule has 0 aromatic rings. The second-order valence-electron chi connectivity index (χ2n) is 28.6. The maximum atomic E-state index is 13.4. The van der Waals surface area contributed by atoms with Gasteiger partial charge in [0.25, 0.3) is 0 Å². The van der Waals surface area contributed by atoms with Gasteiger partial charge in [-0.1, -0.05) is 353 Å². The third kappa shape index (κ3) is 47.2. The zero-order valence-electron chi connectivity index (χ0n) is 60.3. The fourth-order valence-corrected chi connectivity index (χ4v) is 13.6. The summed E-state index contributed by atoms with van der Waals surface area (Å²) in [4.78, 5) is 13.4. The van der Waals surface area contributed by atoms with Crippen LogP contribution in [0, 0.1) is 0 Å². The van der Waals surface area contributed by atoms with Gasteiger partial charge in [0.05, 0.1) is 32.0 Å². The van der Waals surface area contributed by atoms with E-state index in [4.69, 9.17) is 18.9 Å². The summed E-state index contributed by atoms with van der Waals surface area (Å²) in [5.41, 5.74) is 0. The number of carbonyl (C=O) groups excluding carboxylic acids is 1. The van der Waals surface area contributed by atoms with Crippen LogP contribution in [0.15, 0.2) is 24.3 Å². The first kappa shape index (κ1) is 87.6. The van der Waals surface area contributed by atoms with E-state index in [1.165, 1.54) is 295 Å². The molecule has 0 spiro atoms. The van der Waals surface area contributed by atoms with Crippen LogP contribution in [0.2, 0.25) is 0 Å². The minimum atomic E-state index is -1.78. The molecule has 0 radical (unpaired) electrons. The van der Waals surface area contributed by atoms with Crippen LogP contribution < -0.4 is 5.32 Å². The summed E-state index contributed by atoms with van der Waals surface area (Å²) >= 11 is 0. The smallest absolute Gasteiger partial charge is 0.220 e. The van der Waals surface area contributed by atoms with Gasteiger partial charge in [-0.3, -0.25) is 4.79 Å². The van der Waals surface area contributed by atoms with Gasteiger partial charge in [-0.05, 0) is 44.9 Å². The molecule has 2 aliphatic rings. The van der Waals surface area contributed by atoms with Gasteiger partial charge in [0.1, 0.15) is 48.8 Å². The molecule has 2 saturated heterocycles. The molecular formula is C79H151NO13. The molecule has 550 valence electrons. The molecule has 0 aromatic heterocycles. The number of aliphatic hydroxyl groups is 8. The Kier molecular flexibility index (Phi) is 60.1. The lowest BCUT2D eigenvalue weighted by Crippen LogP contribution is -2.65. The molecule has 12 unspecified atom stereocenters. The van der Waals surface area contributed by atoms with Crippen molar-refractivity contribution in [2.75, 3.05) is 19.8 Å². The van der Waals surface area contributed by atoms with Crippen molar-refractivity contribution in [3.63, 3.8) is 0 Å². The zero-order valence-corrected chi connectivity index (χ0v) is 60.3. The summed E-state index contributed by atoms with van der Waals surface area (Å²) in [6, 6.07) is -0.828. The Hall–Kier alpha value is -1.53. The van der Waals surface area contributed by atoms with Crippen LogP contribution in [0.3, 0.4) is 0 Å². The maximum absolute atomic E-state index is 13.4. The van der Waals surface area contributed by atoms with Crippen LogP contribution in [0.5, 0.6) is 0 Å². The molecule has 9 N–H and O–H groups in total. The van der Waals surface area contributed by atoms with E-state index >= 15 is 0 Å². The summed E-state index contributed by atoms with van der Waals surface area (Å²) in [5.74, 6) is -0.197. The molecule has 12 atom stereocenters. The van der Waals surface area contributed by atoms with E-state index in [-0.39, 0.29) is 12.5 Å². The number of hydrogen-bond donors (Lipinski definition) is 9. The van der Waals surface area contributed by atoms with Crippen molar-refractivity contribution in [1.29, 1.82) is 0 Å². The predicted octanol–water partition coefficient (Wildman–Crippen LogP) is 17.9. The molecule has 2 aliphatic heterocycles. The summed E-state index contributed by atoms with van der Waals surface area (Å²) in [6.45, 7) is 2.92. The lowest BCUT2D eigenvalue weighted by molar-refractivity contribution is -0.359. The van der Waals surface area contributed by atoms with Crippen LogP contribution in [-0.4, -0.2) is 140 Å². The molecule has 14 nitrogen and oxygen atoms in total. The average molecular weight is 1320 g/mol. The van der Waals surface area contributed by atoms with E-state index in [2.05, 4.69) is 43.5 Å². The van der Waals surface area contributed by atoms with Crippen molar-refractivity contribution >= 4 is 5.91 Å². The van der Waals surface area contributed by atoms with Crippen LogP contribution in [-0.2, 0) is 23.7 Å². The van der Waals surface area contributed by atoms with Crippen LogP contribution in [0.4, 0.5) is 0 Å². The number of aliphatic hydroxyl groups excluding tert-OH is 8. The van der Waals surface area contributed by atoms with Crippen LogP contribution >= 0.6 is 0 Å². The maximum Gasteiger partial charge on any atom is 0.220 e. The Morgan fingerprint density at radius 3 is 1.08 bits per heavy atom. The Labute approximate surface area is 570 Å². The van der Waals surface area contributed by atoms with Gasteiger partial charge >= 0.3 is 0 Å². The second-order valence-corrected chi connectivity index (χ2v) is 28.6. The first-order chi connectivity index (χ1) is 45.6. The van der Waals surface area contributed by atoms with Crippen molar-refractivity contribution < 1.29 is 64.6 Å². The van der Waals surface area contributed by atoms with Gasteiger partial charge in [-0.2, -0.15) is 0 Å². The van der Waals surface area contributed by atoms with Crippen molar-refractivity contribution in [2.24, 2.45) is 0 Å². The Bertz CT molecular complexity index is 1650. The number of carbonyl (C=O) groups is 1. The van der Waals surface area contributed by atoms with Crippen molar-refractivity contribution in [3.05, 3.63) is 24.3 Å². The summed E-state index contributed by atoms with van der Waals surface area (Å²) in [5, 5.41) is 87.9. The highest BCUT2D eigenvalue weighted by molar-refractivity contribution is 5.76. The molecule has 2 fully saturated rings. The molecule has 14 heteroatoms. The standard InChI is InChI=1S/C79H151NO13/c1-3-5-7-9-11-13-15-17-19-21-23-25-27-29-31-32-33-34-35-36-37-39-41-43-45-47-49-51-53-55-57-59-61-63-71(84)80-67(66-90-78-76(89)74(87)77(70(65-82)92-78)93-79-75(88)73(86)72(85)69(64-81)91-79)68(83)62-60-58-56-54-52-50-48-46-44-42-40-38-30-28-26-24-22-20-18-16-14-12-10-8-6-4-2/h15,17,21,23,67-70,72-79,81-83,85-89H,3-14,16,18-20,22,24-66H2,1-2H3,(H,80,84)/b17-15-,23-21-. The van der Waals surface area contributed by atoms with Crippen molar-refractivity contribution in [3.8, 4) is 0 Å². The first-order valence-electron chi connectivity index (χ1n) is 40.1. The molecule has 0 saturated carbocycles. The normalized spacial score (nSPS) is 22.6. The summed E-state index contributed by atoms with van der Waals surface area (Å²) in [6.07, 6.45) is 65.0. The van der Waals surface area contributed by atoms with E-state index < -0.39 is 86.8 Å². The number of ether oxygens (including phenoxy) is 4. The van der Waals surface area contributed by atoms with Crippen molar-refractivity contribution in [1.82, 2.24) is 5.32 Å². The average Bonchev–Trinajstić information content (AvgIpc) is 0.852. The number of unbranched alkanes of at least 4 members (excludes halogenated alkanes) is 51. The fourth-order valence-electron chi connectivity index (χ4n) is 13.6. The zero-order chi connectivity index (χ0) is 67.3. The SMILES string of the molecule is CCCCCCC/C=C\C/C=C\CCCCCCCCCCCCCCCCCCCCCCCC(=O)NC(COC1OC(CO)C(OC2OC(CO)C(O)C(O)C2O)C(O)C1O)C(O)CCCCCCCCCCCCCCCCCCCCCCCCCCCC. The van der Waals surface area contributed by atoms with Gasteiger partial charge in [-0.15, -0.1) is 0 Å². The molecule has 2 rings (SSSR count). The highest BCUT2D eigenvalue weighted by atomic mass is 16.7. The minimum absolute atomic E-state index is 0.197. The molecule has 0 aliphatic carbocycles. The number of amides is 1. The predicted molar refractivity (Wildman–Crippen MR) is 383 cm³/mol. The van der Waals surface area contributed by atoms with E-state index in [0.717, 1.165) is 57.8 Å². The highest BCUT2D eigenvalue weighted by Gasteiger charge is 2.51. The second kappa shape index (κ2) is 63.9. The lowest BCUT2D eigenvalue weighted by Gasteiger charge is -2.46. The number of rotatable bonds is 68. The van der Waals surface area contributed by atoms with E-state index in [1.54, 1.807) is 0 Å². The number of allylic oxidation sites excluding steroid dienone is 4. The third-order valence-electron chi connectivity index (χ3n) is 19.9. The van der Waals surface area contributed by atoms with E-state index in [9.17, 15) is 45.6 Å². The minimum Gasteiger partial charge on any atom is -0.394 e. The Morgan fingerprint density at radius 2 is 0.710 bits per heavy atom. The molecule has 2 heterocycles. The molecule has 93 heavy (non-hydrogen) atoms. The van der Waals surface area contributed by atoms with Gasteiger partial charge < -0.3 is 65.1 Å². The topological polar surface area (TPSA) is 228 Å². The van der Waals surface area contributed by atoms with Gasteiger partial charge in [0.2, 0.25) is 5.91 Å². The van der Waals surface area contributed by atoms with Gasteiger partial charge in [0, 0.05) is 6.42 Å². The lowest BCUT2D eigenvalue weighted by atomic mass is 9.97. The molecule has 0 bridgehead atoms. The quantitative estimate of drug-likeness (QED) is 0.0204. The third-order valence-corrected chi connectivity index (χ3v) is 19.9. The van der Waals surface area contributed by atoms with Gasteiger partial charge in [-0.25, -0.2) is 0 Å². The fraction of sp³-hybridized carbons (Fsp3) is 0.937. The highest BCUT2D eigenvalue weighted by Crippen LogP contribution is 2.30. The molecular weight excluding hydrogens is 1170 g/mol. The van der Waals surface area contributed by atoms with E-state index in [1.807, 2.05) is 0 Å². The summed E-state index contributed by atoms with van der Waals surface area (Å²) < 4.78 is 23.0. The largest absolute Gasteiger partial charge is 0.394 e. The first-order valence-corrected chi connectivity index (χ1v) is 40.1. The molecule has 0 aromatic carbocycles. The van der Waals surface area contributed by atoms with Crippen molar-refractivity contribution in [2.45, 2.75) is 453 Å². The van der Waals surface area contributed by atoms with Gasteiger partial charge in [0.15, 0.2) is 12.6 Å². The Balaban J connectivity index is 1.60.